The molecule has 6 nitrogen and oxygen atoms in total. The molecule has 2 heterocycles. The van der Waals surface area contributed by atoms with Crippen molar-refractivity contribution in [1.29, 1.82) is 0 Å². The highest BCUT2D eigenvalue weighted by Crippen LogP contribution is 2.36. The molecular formula is C29H42ClN3O3. The second-order valence-corrected chi connectivity index (χ2v) is 10.9. The van der Waals surface area contributed by atoms with Gasteiger partial charge in [-0.25, -0.2) is 0 Å². The first-order valence-corrected chi connectivity index (χ1v) is 13.4. The summed E-state index contributed by atoms with van der Waals surface area (Å²) in [6, 6.07) is 7.91. The molecule has 2 amide bonds. The van der Waals surface area contributed by atoms with Gasteiger partial charge in [0.1, 0.15) is 11.6 Å². The van der Waals surface area contributed by atoms with E-state index in [4.69, 9.17) is 0 Å². The van der Waals surface area contributed by atoms with E-state index >= 15 is 0 Å². The van der Waals surface area contributed by atoms with Crippen molar-refractivity contribution in [3.8, 4) is 11.8 Å². The van der Waals surface area contributed by atoms with Crippen molar-refractivity contribution in [1.82, 2.24) is 15.1 Å². The van der Waals surface area contributed by atoms with Gasteiger partial charge >= 0.3 is 0 Å². The van der Waals surface area contributed by atoms with Gasteiger partial charge in [0.05, 0.1) is 12.6 Å². The lowest BCUT2D eigenvalue weighted by atomic mass is 9.78. The molecule has 2 N–H and O–H groups in total. The highest BCUT2D eigenvalue weighted by Gasteiger charge is 2.55. The number of rotatable bonds is 6. The number of likely N-dealkylation sites (tertiary alicyclic amines) is 1. The van der Waals surface area contributed by atoms with Crippen LogP contribution in [0.25, 0.3) is 0 Å². The molecule has 1 aromatic rings. The summed E-state index contributed by atoms with van der Waals surface area (Å²) in [5, 5.41) is 14.0. The Labute approximate surface area is 222 Å². The Bertz CT molecular complexity index is 954. The summed E-state index contributed by atoms with van der Waals surface area (Å²) in [7, 11) is 0. The quantitative estimate of drug-likeness (QED) is 0.564. The van der Waals surface area contributed by atoms with E-state index in [1.807, 2.05) is 0 Å². The monoisotopic (exact) mass is 515 g/mol. The number of halogens is 1. The highest BCUT2D eigenvalue weighted by molar-refractivity contribution is 6.00. The van der Waals surface area contributed by atoms with E-state index in [2.05, 4.69) is 60.2 Å². The van der Waals surface area contributed by atoms with Crippen LogP contribution in [0, 0.1) is 17.8 Å². The summed E-state index contributed by atoms with van der Waals surface area (Å²) in [5.74, 6) is 6.18. The largest absolute Gasteiger partial charge is 0.390 e. The number of nitrogens with zero attached hydrogens (tertiary/aromatic N) is 2. The molecule has 2 saturated heterocycles. The lowest BCUT2D eigenvalue weighted by Crippen LogP contribution is -2.75. The number of piperazine rings is 1. The lowest BCUT2D eigenvalue weighted by molar-refractivity contribution is -0.164. The van der Waals surface area contributed by atoms with Gasteiger partial charge in [-0.15, -0.1) is 18.3 Å². The molecule has 2 atom stereocenters. The molecule has 7 heteroatoms. The van der Waals surface area contributed by atoms with Gasteiger partial charge in [-0.1, -0.05) is 63.3 Å². The smallest absolute Gasteiger partial charge is 0.249 e. The molecule has 1 aromatic carbocycles. The minimum Gasteiger partial charge on any atom is -0.390 e. The highest BCUT2D eigenvalue weighted by atomic mass is 35.5. The maximum absolute atomic E-state index is 13.7. The molecule has 1 spiro atoms. The number of aliphatic hydroxyl groups is 1. The lowest BCUT2D eigenvalue weighted by Gasteiger charge is -2.52. The second-order valence-electron chi connectivity index (χ2n) is 10.9. The fourth-order valence-electron chi connectivity index (χ4n) is 6.05. The van der Waals surface area contributed by atoms with Crippen LogP contribution in [0.3, 0.4) is 0 Å². The van der Waals surface area contributed by atoms with E-state index in [0.717, 1.165) is 45.3 Å². The Morgan fingerprint density at radius 3 is 2.31 bits per heavy atom. The molecule has 0 bridgehead atoms. The minimum atomic E-state index is -0.887. The SMILES string of the molecule is CC#CCN1C(=O)[C@@H]([C@H](O)C2CCCCC2)NC(=O)C12CCN(Cc1ccc(C(C)C)cc1)CC2.Cl. The zero-order valence-corrected chi connectivity index (χ0v) is 22.8. The topological polar surface area (TPSA) is 72.9 Å². The molecule has 1 saturated carbocycles. The van der Waals surface area contributed by atoms with Crippen LogP contribution in [0.15, 0.2) is 24.3 Å². The normalized spacial score (nSPS) is 23.6. The minimum absolute atomic E-state index is 0. The summed E-state index contributed by atoms with van der Waals surface area (Å²) < 4.78 is 0. The summed E-state index contributed by atoms with van der Waals surface area (Å²) >= 11 is 0. The summed E-state index contributed by atoms with van der Waals surface area (Å²) in [6.45, 7) is 8.68. The number of piperidine rings is 1. The second kappa shape index (κ2) is 12.4. The molecule has 0 aromatic heterocycles. The van der Waals surface area contributed by atoms with Crippen molar-refractivity contribution < 1.29 is 14.7 Å². The van der Waals surface area contributed by atoms with Gasteiger partial charge in [-0.3, -0.25) is 14.5 Å². The Balaban J connectivity index is 0.00000361. The van der Waals surface area contributed by atoms with Gasteiger partial charge in [0.25, 0.3) is 0 Å². The van der Waals surface area contributed by atoms with Crippen LogP contribution in [0.1, 0.15) is 82.8 Å². The summed E-state index contributed by atoms with van der Waals surface area (Å²) in [4.78, 5) is 31.3. The Hall–Kier alpha value is -2.07. The summed E-state index contributed by atoms with van der Waals surface area (Å²) in [6.07, 6.45) is 5.45. The van der Waals surface area contributed by atoms with Crippen LogP contribution < -0.4 is 5.32 Å². The summed E-state index contributed by atoms with van der Waals surface area (Å²) in [5.41, 5.74) is 1.71. The Morgan fingerprint density at radius 1 is 1.08 bits per heavy atom. The molecule has 3 aliphatic rings. The fraction of sp³-hybridized carbons (Fsp3) is 0.655. The first-order valence-electron chi connectivity index (χ1n) is 13.4. The van der Waals surface area contributed by atoms with E-state index in [-0.39, 0.29) is 36.7 Å². The van der Waals surface area contributed by atoms with Crippen LogP contribution >= 0.6 is 12.4 Å². The first-order chi connectivity index (χ1) is 16.9. The average molecular weight is 516 g/mol. The standard InChI is InChI=1S/C29H41N3O3.ClH/c1-4-5-17-32-27(34)25(26(33)24-9-7-6-8-10-24)30-28(35)29(32)15-18-31(19-16-29)20-22-11-13-23(14-12-22)21(2)3;/h11-14,21,24-26,33H,6-10,15-20H2,1-3H3,(H,30,35);1H/t25-,26-;/m1./s1. The molecule has 0 radical (unpaired) electrons. The Morgan fingerprint density at radius 2 is 1.72 bits per heavy atom. The maximum atomic E-state index is 13.7. The molecule has 36 heavy (non-hydrogen) atoms. The van der Waals surface area contributed by atoms with Gasteiger partial charge in [0.2, 0.25) is 11.8 Å². The molecular weight excluding hydrogens is 474 g/mol. The van der Waals surface area contributed by atoms with Crippen LogP contribution in [0.5, 0.6) is 0 Å². The first kappa shape index (κ1) is 28.5. The van der Waals surface area contributed by atoms with Crippen LogP contribution in [0.2, 0.25) is 0 Å². The van der Waals surface area contributed by atoms with E-state index in [1.54, 1.807) is 11.8 Å². The van der Waals surface area contributed by atoms with Gasteiger partial charge in [0.15, 0.2) is 0 Å². The number of aliphatic hydroxyl groups excluding tert-OH is 1. The molecule has 1 aliphatic carbocycles. The maximum Gasteiger partial charge on any atom is 0.249 e. The number of hydrogen-bond acceptors (Lipinski definition) is 4. The molecule has 198 valence electrons. The number of carbonyl (C=O) groups is 2. The number of benzene rings is 1. The third-order valence-electron chi connectivity index (χ3n) is 8.38. The van der Waals surface area contributed by atoms with Gasteiger partial charge in [-0.2, -0.15) is 0 Å². The van der Waals surface area contributed by atoms with E-state index < -0.39 is 17.7 Å². The number of nitrogens with one attached hydrogen (secondary N) is 1. The molecule has 0 unspecified atom stereocenters. The van der Waals surface area contributed by atoms with Gasteiger partial charge in [-0.05, 0) is 55.6 Å². The Kier molecular flexibility index (Phi) is 9.86. The van der Waals surface area contributed by atoms with Crippen molar-refractivity contribution in [3.63, 3.8) is 0 Å². The van der Waals surface area contributed by atoms with Crippen LogP contribution in [-0.2, 0) is 16.1 Å². The predicted molar refractivity (Wildman–Crippen MR) is 145 cm³/mol. The number of carbonyl (C=O) groups excluding carboxylic acids is 2. The van der Waals surface area contributed by atoms with Crippen molar-refractivity contribution in [2.45, 2.75) is 95.9 Å². The molecule has 2 aliphatic heterocycles. The third-order valence-corrected chi connectivity index (χ3v) is 8.38. The average Bonchev–Trinajstić information content (AvgIpc) is 2.88. The van der Waals surface area contributed by atoms with Crippen molar-refractivity contribution in [2.75, 3.05) is 19.6 Å². The molecule has 3 fully saturated rings. The van der Waals surface area contributed by atoms with Gasteiger partial charge < -0.3 is 15.3 Å². The van der Waals surface area contributed by atoms with Crippen LogP contribution in [0.4, 0.5) is 0 Å². The van der Waals surface area contributed by atoms with E-state index in [1.165, 1.54) is 17.5 Å². The van der Waals surface area contributed by atoms with Crippen LogP contribution in [-0.4, -0.2) is 64.0 Å². The van der Waals surface area contributed by atoms with E-state index in [9.17, 15) is 14.7 Å². The zero-order valence-electron chi connectivity index (χ0n) is 22.0. The molecule has 4 rings (SSSR count). The predicted octanol–water partition coefficient (Wildman–Crippen LogP) is 3.86. The van der Waals surface area contributed by atoms with Gasteiger partial charge in [0, 0.05) is 19.6 Å². The van der Waals surface area contributed by atoms with Crippen molar-refractivity contribution in [2.24, 2.45) is 5.92 Å². The van der Waals surface area contributed by atoms with E-state index in [0.29, 0.717) is 18.8 Å². The van der Waals surface area contributed by atoms with Crippen molar-refractivity contribution >= 4 is 24.2 Å². The third kappa shape index (κ3) is 5.90. The fourth-order valence-corrected chi connectivity index (χ4v) is 6.05. The number of amides is 2. The number of hydrogen-bond donors (Lipinski definition) is 2. The van der Waals surface area contributed by atoms with Crippen molar-refractivity contribution in [3.05, 3.63) is 35.4 Å². The zero-order chi connectivity index (χ0) is 25.0.